The molecule has 21 heavy (non-hydrogen) atoms. The molecule has 0 aliphatic rings. The number of hydrogen-bond acceptors (Lipinski definition) is 3. The number of rotatable bonds is 4. The summed E-state index contributed by atoms with van der Waals surface area (Å²) in [6.45, 7) is 3.34. The summed E-state index contributed by atoms with van der Waals surface area (Å²) in [4.78, 5) is 1.90. The number of halogens is 1. The quantitative estimate of drug-likeness (QED) is 0.924. The average Bonchev–Trinajstić information content (AvgIpc) is 2.48. The Balaban J connectivity index is 2.57. The second-order valence-corrected chi connectivity index (χ2v) is 5.07. The molecule has 3 nitrogen and oxygen atoms in total. The lowest BCUT2D eigenvalue weighted by Gasteiger charge is -2.26. The third kappa shape index (κ3) is 3.00. The molecule has 0 heterocycles. The minimum absolute atomic E-state index is 0.317. The van der Waals surface area contributed by atoms with Gasteiger partial charge < -0.3 is 14.7 Å². The summed E-state index contributed by atoms with van der Waals surface area (Å²) in [5.41, 5.74) is 2.70. The van der Waals surface area contributed by atoms with Gasteiger partial charge in [0.2, 0.25) is 0 Å². The minimum Gasteiger partial charge on any atom is -0.495 e. The summed E-state index contributed by atoms with van der Waals surface area (Å²) in [5, 5.41) is 9.92. The second kappa shape index (κ2) is 6.14. The number of nitrogens with zero attached hydrogens (tertiary/aromatic N) is 1. The molecule has 1 N–H and O–H groups in total. The van der Waals surface area contributed by atoms with Gasteiger partial charge in [-0.05, 0) is 43.7 Å². The van der Waals surface area contributed by atoms with Gasteiger partial charge in [-0.25, -0.2) is 4.39 Å². The number of methoxy groups -OCH3 is 1. The van der Waals surface area contributed by atoms with Crippen LogP contribution in [0.4, 0.5) is 15.8 Å². The molecule has 2 aromatic rings. The van der Waals surface area contributed by atoms with Crippen LogP contribution in [0.3, 0.4) is 0 Å². The number of anilines is 2. The summed E-state index contributed by atoms with van der Waals surface area (Å²) in [6, 6.07) is 10.7. The van der Waals surface area contributed by atoms with Crippen molar-refractivity contribution >= 4 is 11.4 Å². The Morgan fingerprint density at radius 1 is 1.19 bits per heavy atom. The maximum atomic E-state index is 13.8. The molecule has 4 heteroatoms. The van der Waals surface area contributed by atoms with Gasteiger partial charge in [-0.15, -0.1) is 0 Å². The number of hydrogen-bond donors (Lipinski definition) is 1. The molecule has 0 aliphatic heterocycles. The predicted molar refractivity (Wildman–Crippen MR) is 82.8 cm³/mol. The SMILES string of the molecule is COc1ccccc1N(C)c1cc(C)c(F)cc1C(C)O. The number of aryl methyl sites for hydroxylation is 1. The van der Waals surface area contributed by atoms with Crippen LogP contribution < -0.4 is 9.64 Å². The van der Waals surface area contributed by atoms with Gasteiger partial charge in [0.25, 0.3) is 0 Å². The number of benzene rings is 2. The van der Waals surface area contributed by atoms with Crippen molar-refractivity contribution < 1.29 is 14.2 Å². The van der Waals surface area contributed by atoms with Gasteiger partial charge in [-0.2, -0.15) is 0 Å². The lowest BCUT2D eigenvalue weighted by atomic mass is 10.0. The van der Waals surface area contributed by atoms with E-state index in [0.717, 1.165) is 17.1 Å². The molecule has 0 radical (unpaired) electrons. The Labute approximate surface area is 124 Å². The van der Waals surface area contributed by atoms with Crippen LogP contribution in [0.1, 0.15) is 24.2 Å². The van der Waals surface area contributed by atoms with Crippen molar-refractivity contribution in [2.75, 3.05) is 19.1 Å². The van der Waals surface area contributed by atoms with E-state index in [9.17, 15) is 9.50 Å². The minimum atomic E-state index is -0.757. The van der Waals surface area contributed by atoms with Crippen LogP contribution in [0.2, 0.25) is 0 Å². The number of aliphatic hydroxyl groups is 1. The molecule has 0 fully saturated rings. The van der Waals surface area contributed by atoms with Crippen molar-refractivity contribution in [3.05, 3.63) is 53.3 Å². The summed E-state index contributed by atoms with van der Waals surface area (Å²) < 4.78 is 19.1. The maximum Gasteiger partial charge on any atom is 0.142 e. The first-order chi connectivity index (χ1) is 9.95. The van der Waals surface area contributed by atoms with Crippen molar-refractivity contribution in [1.82, 2.24) is 0 Å². The number of ether oxygens (including phenoxy) is 1. The zero-order valence-electron chi connectivity index (χ0n) is 12.7. The van der Waals surface area contributed by atoms with Crippen molar-refractivity contribution in [3.8, 4) is 5.75 Å². The van der Waals surface area contributed by atoms with Gasteiger partial charge in [-0.1, -0.05) is 12.1 Å². The summed E-state index contributed by atoms with van der Waals surface area (Å²) in [7, 11) is 3.48. The highest BCUT2D eigenvalue weighted by Crippen LogP contribution is 2.37. The largest absolute Gasteiger partial charge is 0.495 e. The second-order valence-electron chi connectivity index (χ2n) is 5.07. The summed E-state index contributed by atoms with van der Waals surface area (Å²) >= 11 is 0. The van der Waals surface area contributed by atoms with Gasteiger partial charge >= 0.3 is 0 Å². The molecule has 2 aromatic carbocycles. The van der Waals surface area contributed by atoms with Crippen molar-refractivity contribution in [2.24, 2.45) is 0 Å². The normalized spacial score (nSPS) is 12.1. The summed E-state index contributed by atoms with van der Waals surface area (Å²) in [6.07, 6.45) is -0.757. The predicted octanol–water partition coefficient (Wildman–Crippen LogP) is 3.96. The van der Waals surface area contributed by atoms with E-state index in [1.807, 2.05) is 36.2 Å². The molecule has 112 valence electrons. The van der Waals surface area contributed by atoms with Crippen molar-refractivity contribution in [1.29, 1.82) is 0 Å². The van der Waals surface area contributed by atoms with E-state index in [1.54, 1.807) is 27.0 Å². The Morgan fingerprint density at radius 2 is 1.86 bits per heavy atom. The zero-order valence-corrected chi connectivity index (χ0v) is 12.7. The molecular weight excluding hydrogens is 269 g/mol. The van der Waals surface area contributed by atoms with Gasteiger partial charge in [-0.3, -0.25) is 0 Å². The van der Waals surface area contributed by atoms with Crippen LogP contribution in [0, 0.1) is 12.7 Å². The Morgan fingerprint density at radius 3 is 2.48 bits per heavy atom. The maximum absolute atomic E-state index is 13.8. The van der Waals surface area contributed by atoms with Crippen LogP contribution in [0.25, 0.3) is 0 Å². The lowest BCUT2D eigenvalue weighted by Crippen LogP contribution is -2.14. The molecule has 0 spiro atoms. The van der Waals surface area contributed by atoms with E-state index >= 15 is 0 Å². The van der Waals surface area contributed by atoms with Crippen LogP contribution in [0.15, 0.2) is 36.4 Å². The topological polar surface area (TPSA) is 32.7 Å². The molecule has 0 aliphatic carbocycles. The van der Waals surface area contributed by atoms with Crippen molar-refractivity contribution in [2.45, 2.75) is 20.0 Å². The van der Waals surface area contributed by atoms with Gasteiger partial charge in [0.15, 0.2) is 0 Å². The van der Waals surface area contributed by atoms with Crippen LogP contribution in [-0.4, -0.2) is 19.3 Å². The molecular formula is C17H20FNO2. The van der Waals surface area contributed by atoms with Gasteiger partial charge in [0.1, 0.15) is 11.6 Å². The van der Waals surface area contributed by atoms with Gasteiger partial charge in [0, 0.05) is 18.3 Å². The molecule has 0 saturated heterocycles. The zero-order chi connectivity index (χ0) is 15.6. The Kier molecular flexibility index (Phi) is 4.48. The average molecular weight is 289 g/mol. The van der Waals surface area contributed by atoms with E-state index in [0.29, 0.717) is 11.1 Å². The fourth-order valence-corrected chi connectivity index (χ4v) is 2.34. The van der Waals surface area contributed by atoms with E-state index in [4.69, 9.17) is 4.74 Å². The first-order valence-electron chi connectivity index (χ1n) is 6.80. The third-order valence-electron chi connectivity index (χ3n) is 3.57. The molecule has 0 bridgehead atoms. The highest BCUT2D eigenvalue weighted by atomic mass is 19.1. The molecule has 0 saturated carbocycles. The fourth-order valence-electron chi connectivity index (χ4n) is 2.34. The Bertz CT molecular complexity index is 641. The molecule has 0 amide bonds. The highest BCUT2D eigenvalue weighted by molar-refractivity contribution is 5.71. The van der Waals surface area contributed by atoms with Crippen LogP contribution in [0.5, 0.6) is 5.75 Å². The first kappa shape index (κ1) is 15.3. The molecule has 2 rings (SSSR count). The Hall–Kier alpha value is -2.07. The number of para-hydroxylation sites is 2. The highest BCUT2D eigenvalue weighted by Gasteiger charge is 2.17. The van der Waals surface area contributed by atoms with E-state index < -0.39 is 6.10 Å². The molecule has 1 atom stereocenters. The standard InChI is InChI=1S/C17H20FNO2/c1-11-9-16(13(12(2)20)10-14(11)18)19(3)15-7-5-6-8-17(15)21-4/h5-10,12,20H,1-4H3. The summed E-state index contributed by atoms with van der Waals surface area (Å²) in [5.74, 6) is 0.404. The smallest absolute Gasteiger partial charge is 0.142 e. The van der Waals surface area contributed by atoms with Crippen molar-refractivity contribution in [3.63, 3.8) is 0 Å². The van der Waals surface area contributed by atoms with E-state index in [1.165, 1.54) is 6.07 Å². The van der Waals surface area contributed by atoms with Gasteiger partial charge in [0.05, 0.1) is 18.9 Å². The number of aliphatic hydroxyl groups excluding tert-OH is 1. The third-order valence-corrected chi connectivity index (χ3v) is 3.57. The molecule has 0 aromatic heterocycles. The lowest BCUT2D eigenvalue weighted by molar-refractivity contribution is 0.199. The monoisotopic (exact) mass is 289 g/mol. The molecule has 1 unspecified atom stereocenters. The first-order valence-corrected chi connectivity index (χ1v) is 6.80. The van der Waals surface area contributed by atoms with Crippen LogP contribution in [-0.2, 0) is 0 Å². The van der Waals surface area contributed by atoms with E-state index in [-0.39, 0.29) is 5.82 Å². The van der Waals surface area contributed by atoms with E-state index in [2.05, 4.69) is 0 Å². The van der Waals surface area contributed by atoms with Crippen LogP contribution >= 0.6 is 0 Å². The fraction of sp³-hybridized carbons (Fsp3) is 0.294.